The summed E-state index contributed by atoms with van der Waals surface area (Å²) in [4.78, 5) is 25.9. The van der Waals surface area contributed by atoms with Crippen LogP contribution in [0.15, 0.2) is 48.5 Å². The Hall–Kier alpha value is -2.82. The third-order valence-corrected chi connectivity index (χ3v) is 4.02. The topological polar surface area (TPSA) is 61.4 Å². The minimum absolute atomic E-state index is 0.00290. The van der Waals surface area contributed by atoms with E-state index in [4.69, 9.17) is 0 Å². The van der Waals surface area contributed by atoms with Gasteiger partial charge in [-0.3, -0.25) is 9.69 Å². The first kappa shape index (κ1) is 16.1. The Kier molecular flexibility index (Phi) is 4.01. The van der Waals surface area contributed by atoms with Gasteiger partial charge in [0.2, 0.25) is 5.91 Å². The van der Waals surface area contributed by atoms with Crippen molar-refractivity contribution in [3.8, 4) is 0 Å². The third kappa shape index (κ3) is 3.25. The number of nitrogens with one attached hydrogen (secondary N) is 2. The molecule has 1 heterocycles. The molecule has 0 unspecified atom stereocenters. The van der Waals surface area contributed by atoms with Gasteiger partial charge in [-0.25, -0.2) is 4.79 Å². The first-order valence-electron chi connectivity index (χ1n) is 7.92. The highest BCUT2D eigenvalue weighted by Gasteiger charge is 2.26. The second kappa shape index (κ2) is 6.00. The lowest BCUT2D eigenvalue weighted by Gasteiger charge is -2.29. The molecule has 2 aromatic carbocycles. The summed E-state index contributed by atoms with van der Waals surface area (Å²) in [5.41, 5.74) is 3.31. The zero-order valence-electron chi connectivity index (χ0n) is 14.1. The molecule has 24 heavy (non-hydrogen) atoms. The Labute approximate surface area is 141 Å². The van der Waals surface area contributed by atoms with Crippen molar-refractivity contribution in [2.75, 3.05) is 22.1 Å². The summed E-state index contributed by atoms with van der Waals surface area (Å²) in [5.74, 6) is -0.202. The Bertz CT molecular complexity index is 776. The van der Waals surface area contributed by atoms with Crippen LogP contribution in [0, 0.1) is 0 Å². The quantitative estimate of drug-likeness (QED) is 0.834. The number of fused-ring (bicyclic) bond motifs is 1. The van der Waals surface area contributed by atoms with Gasteiger partial charge in [0.15, 0.2) is 0 Å². The molecule has 0 atom stereocenters. The van der Waals surface area contributed by atoms with Gasteiger partial charge in [0, 0.05) is 5.69 Å². The number of hydrogen-bond donors (Lipinski definition) is 2. The lowest BCUT2D eigenvalue weighted by Crippen LogP contribution is -2.44. The van der Waals surface area contributed by atoms with E-state index in [9.17, 15) is 9.59 Å². The maximum absolute atomic E-state index is 12.6. The van der Waals surface area contributed by atoms with Gasteiger partial charge < -0.3 is 10.6 Å². The zero-order valence-corrected chi connectivity index (χ0v) is 14.1. The molecule has 0 fully saturated rings. The van der Waals surface area contributed by atoms with E-state index in [0.717, 1.165) is 0 Å². The van der Waals surface area contributed by atoms with Crippen LogP contribution in [0.2, 0.25) is 0 Å². The third-order valence-electron chi connectivity index (χ3n) is 4.02. The maximum atomic E-state index is 12.6. The lowest BCUT2D eigenvalue weighted by molar-refractivity contribution is -0.115. The van der Waals surface area contributed by atoms with E-state index in [1.165, 1.54) is 10.5 Å². The van der Waals surface area contributed by atoms with Crippen molar-refractivity contribution >= 4 is 29.0 Å². The van der Waals surface area contributed by atoms with Crippen LogP contribution in [-0.2, 0) is 10.2 Å². The van der Waals surface area contributed by atoms with E-state index < -0.39 is 0 Å². The summed E-state index contributed by atoms with van der Waals surface area (Å²) in [6.07, 6.45) is 0. The van der Waals surface area contributed by atoms with E-state index in [0.29, 0.717) is 17.1 Å². The SMILES string of the molecule is CC(C)(C)c1ccc(NC(=O)N2CC(=O)Nc3ccccc32)cc1. The van der Waals surface area contributed by atoms with E-state index in [1.54, 1.807) is 6.07 Å². The summed E-state index contributed by atoms with van der Waals surface area (Å²) in [7, 11) is 0. The first-order chi connectivity index (χ1) is 11.3. The van der Waals surface area contributed by atoms with Crippen molar-refractivity contribution in [3.05, 3.63) is 54.1 Å². The molecule has 0 aliphatic carbocycles. The van der Waals surface area contributed by atoms with Crippen molar-refractivity contribution in [1.29, 1.82) is 0 Å². The summed E-state index contributed by atoms with van der Waals surface area (Å²) in [5, 5.41) is 5.63. The Morgan fingerprint density at radius 3 is 2.42 bits per heavy atom. The zero-order chi connectivity index (χ0) is 17.3. The van der Waals surface area contributed by atoms with Crippen molar-refractivity contribution in [1.82, 2.24) is 0 Å². The first-order valence-corrected chi connectivity index (χ1v) is 7.92. The number of nitrogens with zero attached hydrogens (tertiary/aromatic N) is 1. The van der Waals surface area contributed by atoms with Gasteiger partial charge in [-0.05, 0) is 35.2 Å². The monoisotopic (exact) mass is 323 g/mol. The Morgan fingerprint density at radius 2 is 1.75 bits per heavy atom. The predicted octanol–water partition coefficient (Wildman–Crippen LogP) is 3.97. The molecule has 3 rings (SSSR count). The number of para-hydroxylation sites is 2. The molecule has 0 radical (unpaired) electrons. The van der Waals surface area contributed by atoms with Crippen LogP contribution in [0.25, 0.3) is 0 Å². The highest BCUT2D eigenvalue weighted by Crippen LogP contribution is 2.29. The molecule has 5 nitrogen and oxygen atoms in total. The number of hydrogen-bond acceptors (Lipinski definition) is 2. The number of anilines is 3. The fourth-order valence-corrected chi connectivity index (χ4v) is 2.66. The van der Waals surface area contributed by atoms with Crippen molar-refractivity contribution in [3.63, 3.8) is 0 Å². The summed E-state index contributed by atoms with van der Waals surface area (Å²) >= 11 is 0. The standard InChI is InChI=1S/C19H21N3O2/c1-19(2,3)13-8-10-14(11-9-13)20-18(24)22-12-17(23)21-15-6-4-5-7-16(15)22/h4-11H,12H2,1-3H3,(H,20,24)(H,21,23). The van der Waals surface area contributed by atoms with Crippen LogP contribution >= 0.6 is 0 Å². The van der Waals surface area contributed by atoms with E-state index in [1.807, 2.05) is 42.5 Å². The van der Waals surface area contributed by atoms with Gasteiger partial charge in [0.1, 0.15) is 6.54 Å². The molecule has 0 spiro atoms. The molecule has 0 aromatic heterocycles. The van der Waals surface area contributed by atoms with Gasteiger partial charge in [0.25, 0.3) is 0 Å². The number of amides is 3. The van der Waals surface area contributed by atoms with Crippen molar-refractivity contribution in [2.45, 2.75) is 26.2 Å². The van der Waals surface area contributed by atoms with Crippen LogP contribution < -0.4 is 15.5 Å². The maximum Gasteiger partial charge on any atom is 0.326 e. The van der Waals surface area contributed by atoms with Crippen LogP contribution in [0.4, 0.5) is 21.9 Å². The average molecular weight is 323 g/mol. The molecular formula is C19H21N3O2. The molecule has 1 aliphatic heterocycles. The molecule has 1 aliphatic rings. The number of benzene rings is 2. The van der Waals surface area contributed by atoms with Gasteiger partial charge in [0.05, 0.1) is 11.4 Å². The normalized spacial score (nSPS) is 14.0. The van der Waals surface area contributed by atoms with Crippen LogP contribution in [-0.4, -0.2) is 18.5 Å². The highest BCUT2D eigenvalue weighted by atomic mass is 16.2. The van der Waals surface area contributed by atoms with E-state index in [-0.39, 0.29) is 23.9 Å². The number of urea groups is 1. The van der Waals surface area contributed by atoms with E-state index >= 15 is 0 Å². The molecule has 0 bridgehead atoms. The smallest absolute Gasteiger partial charge is 0.323 e. The average Bonchev–Trinajstić information content (AvgIpc) is 2.53. The fraction of sp³-hybridized carbons (Fsp3) is 0.263. The van der Waals surface area contributed by atoms with Gasteiger partial charge in [-0.15, -0.1) is 0 Å². The lowest BCUT2D eigenvalue weighted by atomic mass is 9.87. The van der Waals surface area contributed by atoms with Gasteiger partial charge in [-0.1, -0.05) is 45.0 Å². The second-order valence-corrected chi connectivity index (χ2v) is 6.91. The molecule has 0 saturated carbocycles. The highest BCUT2D eigenvalue weighted by molar-refractivity contribution is 6.12. The van der Waals surface area contributed by atoms with Gasteiger partial charge in [-0.2, -0.15) is 0 Å². The molecule has 2 aromatic rings. The summed E-state index contributed by atoms with van der Waals surface area (Å²) in [6.45, 7) is 6.43. The van der Waals surface area contributed by atoms with Gasteiger partial charge >= 0.3 is 6.03 Å². The summed E-state index contributed by atoms with van der Waals surface area (Å²) < 4.78 is 0. The molecule has 5 heteroatoms. The van der Waals surface area contributed by atoms with Crippen molar-refractivity contribution < 1.29 is 9.59 Å². The Morgan fingerprint density at radius 1 is 1.08 bits per heavy atom. The largest absolute Gasteiger partial charge is 0.326 e. The number of carbonyl (C=O) groups excluding carboxylic acids is 2. The molecule has 3 amide bonds. The van der Waals surface area contributed by atoms with Crippen LogP contribution in [0.3, 0.4) is 0 Å². The molecule has 2 N–H and O–H groups in total. The second-order valence-electron chi connectivity index (χ2n) is 6.91. The fourth-order valence-electron chi connectivity index (χ4n) is 2.66. The molecule has 124 valence electrons. The molecule has 0 saturated heterocycles. The Balaban J connectivity index is 1.79. The molecular weight excluding hydrogens is 302 g/mol. The van der Waals surface area contributed by atoms with Crippen LogP contribution in [0.1, 0.15) is 26.3 Å². The number of carbonyl (C=O) groups is 2. The van der Waals surface area contributed by atoms with E-state index in [2.05, 4.69) is 31.4 Å². The van der Waals surface area contributed by atoms with Crippen molar-refractivity contribution in [2.24, 2.45) is 0 Å². The minimum atomic E-state index is -0.319. The number of rotatable bonds is 1. The minimum Gasteiger partial charge on any atom is -0.323 e. The predicted molar refractivity (Wildman–Crippen MR) is 96.6 cm³/mol. The summed E-state index contributed by atoms with van der Waals surface area (Å²) in [6, 6.07) is 14.7. The van der Waals surface area contributed by atoms with Crippen LogP contribution in [0.5, 0.6) is 0 Å².